The van der Waals surface area contributed by atoms with Gasteiger partial charge in [-0.3, -0.25) is 9.59 Å². The van der Waals surface area contributed by atoms with Crippen LogP contribution in [-0.2, 0) is 14.4 Å². The Morgan fingerprint density at radius 2 is 1.64 bits per heavy atom. The second-order valence-corrected chi connectivity index (χ2v) is 6.57. The maximum atomic E-state index is 12.0. The monoisotopic (exact) mass is 312 g/mol. The van der Waals surface area contributed by atoms with Crippen molar-refractivity contribution in [2.75, 3.05) is 0 Å². The van der Waals surface area contributed by atoms with Crippen molar-refractivity contribution in [1.29, 1.82) is 0 Å². The predicted molar refractivity (Wildman–Crippen MR) is 83.2 cm³/mol. The van der Waals surface area contributed by atoms with Crippen LogP contribution < -0.4 is 10.6 Å². The van der Waals surface area contributed by atoms with Gasteiger partial charge in [0.25, 0.3) is 0 Å². The van der Waals surface area contributed by atoms with Gasteiger partial charge in [0.05, 0.1) is 0 Å². The first-order valence-electron chi connectivity index (χ1n) is 8.13. The van der Waals surface area contributed by atoms with Crippen molar-refractivity contribution >= 4 is 17.8 Å². The molecule has 0 saturated heterocycles. The molecule has 2 atom stereocenters. The maximum absolute atomic E-state index is 12.0. The SMILES string of the molecule is CC(NC(=O)CC1CCCCC1)C(=O)NC(C(=O)O)C(C)C. The first-order valence-corrected chi connectivity index (χ1v) is 8.13. The molecule has 2 unspecified atom stereocenters. The maximum Gasteiger partial charge on any atom is 0.326 e. The number of aliphatic carboxylic acids is 1. The molecule has 1 rings (SSSR count). The third-order valence-electron chi connectivity index (χ3n) is 4.20. The molecule has 0 radical (unpaired) electrons. The molecular formula is C16H28N2O4. The lowest BCUT2D eigenvalue weighted by Gasteiger charge is -2.23. The summed E-state index contributed by atoms with van der Waals surface area (Å²) in [6.07, 6.45) is 6.17. The smallest absolute Gasteiger partial charge is 0.326 e. The number of carbonyl (C=O) groups is 3. The van der Waals surface area contributed by atoms with Gasteiger partial charge in [0.2, 0.25) is 11.8 Å². The molecule has 3 N–H and O–H groups in total. The van der Waals surface area contributed by atoms with Crippen molar-refractivity contribution in [2.24, 2.45) is 11.8 Å². The highest BCUT2D eigenvalue weighted by Crippen LogP contribution is 2.26. The van der Waals surface area contributed by atoms with Gasteiger partial charge in [-0.15, -0.1) is 0 Å². The molecule has 1 aliphatic rings. The van der Waals surface area contributed by atoms with Gasteiger partial charge in [-0.2, -0.15) is 0 Å². The number of hydrogen-bond acceptors (Lipinski definition) is 3. The second-order valence-electron chi connectivity index (χ2n) is 6.57. The molecule has 0 aromatic heterocycles. The van der Waals surface area contributed by atoms with E-state index in [1.807, 2.05) is 0 Å². The van der Waals surface area contributed by atoms with E-state index in [0.29, 0.717) is 12.3 Å². The third-order valence-corrected chi connectivity index (χ3v) is 4.20. The van der Waals surface area contributed by atoms with Gasteiger partial charge in [-0.25, -0.2) is 4.79 Å². The van der Waals surface area contributed by atoms with Crippen LogP contribution in [0.1, 0.15) is 59.3 Å². The van der Waals surface area contributed by atoms with Crippen LogP contribution in [0, 0.1) is 11.8 Å². The topological polar surface area (TPSA) is 95.5 Å². The van der Waals surface area contributed by atoms with Gasteiger partial charge >= 0.3 is 5.97 Å². The summed E-state index contributed by atoms with van der Waals surface area (Å²) in [5.41, 5.74) is 0. The van der Waals surface area contributed by atoms with E-state index in [1.54, 1.807) is 20.8 Å². The van der Waals surface area contributed by atoms with Crippen molar-refractivity contribution < 1.29 is 19.5 Å². The van der Waals surface area contributed by atoms with E-state index in [2.05, 4.69) is 10.6 Å². The first-order chi connectivity index (χ1) is 10.3. The zero-order valence-corrected chi connectivity index (χ0v) is 13.7. The molecule has 0 aliphatic heterocycles. The van der Waals surface area contributed by atoms with Crippen molar-refractivity contribution in [3.05, 3.63) is 0 Å². The molecular weight excluding hydrogens is 284 g/mol. The summed E-state index contributed by atoms with van der Waals surface area (Å²) in [6, 6.07) is -1.66. The van der Waals surface area contributed by atoms with E-state index >= 15 is 0 Å². The average molecular weight is 312 g/mol. The van der Waals surface area contributed by atoms with Crippen molar-refractivity contribution in [1.82, 2.24) is 10.6 Å². The molecule has 22 heavy (non-hydrogen) atoms. The van der Waals surface area contributed by atoms with Crippen LogP contribution in [0.4, 0.5) is 0 Å². The Hall–Kier alpha value is -1.59. The molecule has 1 saturated carbocycles. The summed E-state index contributed by atoms with van der Waals surface area (Å²) in [5, 5.41) is 14.2. The van der Waals surface area contributed by atoms with E-state index in [9.17, 15) is 14.4 Å². The Kier molecular flexibility index (Phi) is 7.35. The minimum atomic E-state index is -1.07. The molecule has 0 bridgehead atoms. The molecule has 1 fully saturated rings. The van der Waals surface area contributed by atoms with Crippen LogP contribution in [0.3, 0.4) is 0 Å². The minimum Gasteiger partial charge on any atom is -0.480 e. The molecule has 1 aliphatic carbocycles. The van der Waals surface area contributed by atoms with Gasteiger partial charge in [0, 0.05) is 6.42 Å². The van der Waals surface area contributed by atoms with E-state index in [-0.39, 0.29) is 11.8 Å². The minimum absolute atomic E-state index is 0.133. The van der Waals surface area contributed by atoms with Gasteiger partial charge in [0.15, 0.2) is 0 Å². The van der Waals surface area contributed by atoms with Crippen LogP contribution in [0.5, 0.6) is 0 Å². The number of carboxylic acids is 1. The van der Waals surface area contributed by atoms with E-state index in [0.717, 1.165) is 12.8 Å². The molecule has 0 aromatic rings. The van der Waals surface area contributed by atoms with Gasteiger partial charge in [-0.05, 0) is 31.6 Å². The van der Waals surface area contributed by atoms with Crippen LogP contribution in [0.2, 0.25) is 0 Å². The van der Waals surface area contributed by atoms with Crippen molar-refractivity contribution in [3.63, 3.8) is 0 Å². The second kappa shape index (κ2) is 8.76. The van der Waals surface area contributed by atoms with Crippen LogP contribution in [0.15, 0.2) is 0 Å². The summed E-state index contributed by atoms with van der Waals surface area (Å²) in [5.74, 6) is -1.47. The molecule has 0 aromatic carbocycles. The molecule has 126 valence electrons. The summed E-state index contributed by atoms with van der Waals surface area (Å²) < 4.78 is 0. The highest BCUT2D eigenvalue weighted by atomic mass is 16.4. The van der Waals surface area contributed by atoms with Crippen molar-refractivity contribution in [2.45, 2.75) is 71.4 Å². The largest absolute Gasteiger partial charge is 0.480 e. The first kappa shape index (κ1) is 18.5. The summed E-state index contributed by atoms with van der Waals surface area (Å²) in [7, 11) is 0. The molecule has 6 heteroatoms. The average Bonchev–Trinajstić information content (AvgIpc) is 2.44. The Labute approximate surface area is 132 Å². The van der Waals surface area contributed by atoms with Crippen molar-refractivity contribution in [3.8, 4) is 0 Å². The molecule has 0 heterocycles. The number of carbonyl (C=O) groups excluding carboxylic acids is 2. The fourth-order valence-electron chi connectivity index (χ4n) is 2.81. The van der Waals surface area contributed by atoms with Gasteiger partial charge in [0.1, 0.15) is 12.1 Å². The van der Waals surface area contributed by atoms with Crippen LogP contribution >= 0.6 is 0 Å². The molecule has 2 amide bonds. The van der Waals surface area contributed by atoms with Crippen LogP contribution in [0.25, 0.3) is 0 Å². The molecule has 6 nitrogen and oxygen atoms in total. The summed E-state index contributed by atoms with van der Waals surface area (Å²) >= 11 is 0. The highest BCUT2D eigenvalue weighted by Gasteiger charge is 2.26. The van der Waals surface area contributed by atoms with Gasteiger partial charge < -0.3 is 15.7 Å². The number of nitrogens with one attached hydrogen (secondary N) is 2. The zero-order valence-electron chi connectivity index (χ0n) is 13.7. The number of carboxylic acid groups (broad SMARTS) is 1. The van der Waals surface area contributed by atoms with Crippen LogP contribution in [-0.4, -0.2) is 35.0 Å². The number of hydrogen-bond donors (Lipinski definition) is 3. The molecule has 0 spiro atoms. The number of rotatable bonds is 7. The van der Waals surface area contributed by atoms with Gasteiger partial charge in [-0.1, -0.05) is 33.1 Å². The van der Waals surface area contributed by atoms with E-state index in [1.165, 1.54) is 19.3 Å². The summed E-state index contributed by atoms with van der Waals surface area (Å²) in [6.45, 7) is 5.03. The predicted octanol–water partition coefficient (Wildman–Crippen LogP) is 1.69. The summed E-state index contributed by atoms with van der Waals surface area (Å²) in [4.78, 5) is 35.1. The fourth-order valence-corrected chi connectivity index (χ4v) is 2.81. The normalized spacial score (nSPS) is 18.5. The fraction of sp³-hybridized carbons (Fsp3) is 0.812. The third kappa shape index (κ3) is 6.03. The quantitative estimate of drug-likeness (QED) is 0.666. The lowest BCUT2D eigenvalue weighted by molar-refractivity contribution is -0.143. The zero-order chi connectivity index (χ0) is 16.7. The lowest BCUT2D eigenvalue weighted by atomic mass is 9.87. The number of amides is 2. The Bertz CT molecular complexity index is 403. The Morgan fingerprint density at radius 1 is 1.05 bits per heavy atom. The Balaban J connectivity index is 2.42. The Morgan fingerprint density at radius 3 is 2.14 bits per heavy atom. The lowest BCUT2D eigenvalue weighted by Crippen LogP contribution is -2.52. The van der Waals surface area contributed by atoms with E-state index in [4.69, 9.17) is 5.11 Å². The van der Waals surface area contributed by atoms with E-state index < -0.39 is 24.0 Å². The highest BCUT2D eigenvalue weighted by molar-refractivity contribution is 5.90. The standard InChI is InChI=1S/C16H28N2O4/c1-10(2)14(16(21)22)18-15(20)11(3)17-13(19)9-12-7-5-4-6-8-12/h10-12,14H,4-9H2,1-3H3,(H,17,19)(H,18,20)(H,21,22).